The van der Waals surface area contributed by atoms with Crippen molar-refractivity contribution in [3.63, 3.8) is 0 Å². The topological polar surface area (TPSA) is 91.7 Å². The number of aliphatic imine (C=N–C) groups is 1. The van der Waals surface area contributed by atoms with Crippen LogP contribution in [0.25, 0.3) is 0 Å². The molecule has 1 aliphatic rings. The van der Waals surface area contributed by atoms with Gasteiger partial charge in [-0.15, -0.1) is 0 Å². The van der Waals surface area contributed by atoms with Gasteiger partial charge in [-0.2, -0.15) is 0 Å². The Morgan fingerprint density at radius 1 is 1.53 bits per heavy atom. The van der Waals surface area contributed by atoms with E-state index in [0.717, 1.165) is 0 Å². The smallest absolute Gasteiger partial charge is 0.338 e. The summed E-state index contributed by atoms with van der Waals surface area (Å²) < 4.78 is 0. The van der Waals surface area contributed by atoms with Gasteiger partial charge in [0.1, 0.15) is 11.7 Å². The first-order chi connectivity index (χ1) is 8.99. The largest absolute Gasteiger partial charge is 0.478 e. The molecule has 0 aliphatic carbocycles. The summed E-state index contributed by atoms with van der Waals surface area (Å²) in [4.78, 5) is 31.1. The van der Waals surface area contributed by atoms with Crippen LogP contribution in [0.5, 0.6) is 0 Å². The van der Waals surface area contributed by atoms with E-state index in [1.807, 2.05) is 13.8 Å². The number of carboxylic acid groups (broad SMARTS) is 1. The maximum atomic E-state index is 11.8. The lowest BCUT2D eigenvalue weighted by atomic mass is 10.0. The fourth-order valence-corrected chi connectivity index (χ4v) is 1.94. The van der Waals surface area contributed by atoms with E-state index in [2.05, 4.69) is 15.3 Å². The van der Waals surface area contributed by atoms with Gasteiger partial charge in [-0.05, 0) is 24.5 Å². The minimum atomic E-state index is -1.09. The van der Waals surface area contributed by atoms with Crippen molar-refractivity contribution < 1.29 is 14.7 Å². The van der Waals surface area contributed by atoms with Gasteiger partial charge in [0.2, 0.25) is 5.91 Å². The predicted molar refractivity (Wildman–Crippen MR) is 69.1 cm³/mol. The van der Waals surface area contributed by atoms with E-state index in [4.69, 9.17) is 5.11 Å². The summed E-state index contributed by atoms with van der Waals surface area (Å²) in [6, 6.07) is 2.52. The summed E-state index contributed by atoms with van der Waals surface area (Å²) in [5.41, 5.74) is 0.237. The van der Waals surface area contributed by atoms with E-state index in [1.165, 1.54) is 18.3 Å². The molecule has 0 saturated heterocycles. The summed E-state index contributed by atoms with van der Waals surface area (Å²) in [7, 11) is 0. The number of carbonyl (C=O) groups excluding carboxylic acids is 1. The first-order valence-corrected chi connectivity index (χ1v) is 6.06. The van der Waals surface area contributed by atoms with Gasteiger partial charge < -0.3 is 10.4 Å². The van der Waals surface area contributed by atoms with Gasteiger partial charge in [0.25, 0.3) is 0 Å². The first-order valence-electron chi connectivity index (χ1n) is 6.06. The normalized spacial score (nSPS) is 18.4. The van der Waals surface area contributed by atoms with Gasteiger partial charge in [-0.1, -0.05) is 13.8 Å². The Labute approximate surface area is 110 Å². The highest BCUT2D eigenvalue weighted by Gasteiger charge is 2.30. The Morgan fingerprint density at radius 2 is 2.26 bits per heavy atom. The number of amides is 1. The van der Waals surface area contributed by atoms with Crippen molar-refractivity contribution in [1.82, 2.24) is 10.3 Å². The van der Waals surface area contributed by atoms with Crippen molar-refractivity contribution in [3.8, 4) is 0 Å². The zero-order valence-electron chi connectivity index (χ0n) is 10.8. The number of carboxylic acids is 1. The molecule has 0 spiro atoms. The molecule has 6 heteroatoms. The molecule has 2 N–H and O–H groups in total. The first kappa shape index (κ1) is 13.2. The fourth-order valence-electron chi connectivity index (χ4n) is 1.94. The van der Waals surface area contributed by atoms with Crippen LogP contribution in [-0.4, -0.2) is 33.8 Å². The van der Waals surface area contributed by atoms with E-state index in [0.29, 0.717) is 12.3 Å². The number of hydrogen-bond donors (Lipinski definition) is 2. The Hall–Kier alpha value is -2.24. The maximum Gasteiger partial charge on any atom is 0.338 e. The van der Waals surface area contributed by atoms with Crippen LogP contribution in [0, 0.1) is 5.92 Å². The van der Waals surface area contributed by atoms with Gasteiger partial charge in [0.05, 0.1) is 5.56 Å². The summed E-state index contributed by atoms with van der Waals surface area (Å²) in [5, 5.41) is 11.7. The number of aromatic carboxylic acids is 1. The van der Waals surface area contributed by atoms with Crippen molar-refractivity contribution >= 4 is 17.7 Å². The number of hydrogen-bond acceptors (Lipinski definition) is 4. The molecule has 1 aromatic rings. The van der Waals surface area contributed by atoms with Gasteiger partial charge in [0, 0.05) is 6.20 Å². The molecule has 0 bridgehead atoms. The standard InChI is InChI=1S/C13H15N3O3/c1-7(2)6-9-12(17)16-11(15-9)10-8(13(18)19)4-3-5-14-10/h3-5,7,9H,6H2,1-2H3,(H,18,19)(H,15,16,17). The van der Waals surface area contributed by atoms with Crippen LogP contribution in [0.2, 0.25) is 0 Å². The lowest BCUT2D eigenvalue weighted by Crippen LogP contribution is -2.31. The minimum Gasteiger partial charge on any atom is -0.478 e. The molecule has 6 nitrogen and oxygen atoms in total. The maximum absolute atomic E-state index is 11.8. The van der Waals surface area contributed by atoms with Gasteiger partial charge in [-0.3, -0.25) is 14.8 Å². The SMILES string of the molecule is CC(C)CC1N=C(c2ncccc2C(=O)O)NC1=O. The minimum absolute atomic E-state index is 0.0340. The van der Waals surface area contributed by atoms with Crippen molar-refractivity contribution in [2.75, 3.05) is 0 Å². The number of aromatic nitrogens is 1. The monoisotopic (exact) mass is 261 g/mol. The van der Waals surface area contributed by atoms with Crippen molar-refractivity contribution in [2.45, 2.75) is 26.3 Å². The van der Waals surface area contributed by atoms with Crippen molar-refractivity contribution in [2.24, 2.45) is 10.9 Å². The van der Waals surface area contributed by atoms with Crippen molar-refractivity contribution in [3.05, 3.63) is 29.6 Å². The van der Waals surface area contributed by atoms with E-state index in [9.17, 15) is 9.59 Å². The third kappa shape index (κ3) is 2.78. The van der Waals surface area contributed by atoms with Gasteiger partial charge in [0.15, 0.2) is 5.84 Å². The number of nitrogens with zero attached hydrogens (tertiary/aromatic N) is 2. The molecule has 1 aromatic heterocycles. The highest BCUT2D eigenvalue weighted by molar-refractivity contribution is 6.16. The summed E-state index contributed by atoms with van der Waals surface area (Å²) in [5.74, 6) is -0.715. The van der Waals surface area contributed by atoms with Crippen LogP contribution in [0.15, 0.2) is 23.3 Å². The summed E-state index contributed by atoms with van der Waals surface area (Å²) in [6.45, 7) is 4.01. The Balaban J connectivity index is 2.33. The average Bonchev–Trinajstić information content (AvgIpc) is 2.70. The molecule has 0 fully saturated rings. The Morgan fingerprint density at radius 3 is 2.89 bits per heavy atom. The lowest BCUT2D eigenvalue weighted by Gasteiger charge is -2.06. The lowest BCUT2D eigenvalue weighted by molar-refractivity contribution is -0.120. The van der Waals surface area contributed by atoms with Crippen molar-refractivity contribution in [1.29, 1.82) is 0 Å². The van der Waals surface area contributed by atoms with E-state index >= 15 is 0 Å². The fraction of sp³-hybridized carbons (Fsp3) is 0.385. The number of nitrogens with one attached hydrogen (secondary N) is 1. The second-order valence-electron chi connectivity index (χ2n) is 4.82. The second kappa shape index (κ2) is 5.17. The van der Waals surface area contributed by atoms with Gasteiger partial charge >= 0.3 is 5.97 Å². The van der Waals surface area contributed by atoms with Crippen LogP contribution in [0.4, 0.5) is 0 Å². The molecular formula is C13H15N3O3. The molecule has 1 amide bonds. The van der Waals surface area contributed by atoms with Crippen LogP contribution in [0.1, 0.15) is 36.3 Å². The predicted octanol–water partition coefficient (Wildman–Crippen LogP) is 1.07. The molecule has 100 valence electrons. The molecule has 1 aliphatic heterocycles. The van der Waals surface area contributed by atoms with Crippen LogP contribution in [0.3, 0.4) is 0 Å². The molecule has 2 rings (SSSR count). The third-order valence-electron chi connectivity index (χ3n) is 2.79. The second-order valence-corrected chi connectivity index (χ2v) is 4.82. The zero-order valence-corrected chi connectivity index (χ0v) is 10.8. The van der Waals surface area contributed by atoms with E-state index in [1.54, 1.807) is 0 Å². The number of amidine groups is 1. The molecule has 0 saturated carbocycles. The number of carbonyl (C=O) groups is 2. The highest BCUT2D eigenvalue weighted by atomic mass is 16.4. The summed E-state index contributed by atoms with van der Waals surface area (Å²) in [6.07, 6.45) is 2.11. The molecule has 19 heavy (non-hydrogen) atoms. The molecule has 2 heterocycles. The Kier molecular flexibility index (Phi) is 3.59. The number of rotatable bonds is 4. The highest BCUT2D eigenvalue weighted by Crippen LogP contribution is 2.16. The quantitative estimate of drug-likeness (QED) is 0.848. The van der Waals surface area contributed by atoms with Crippen LogP contribution >= 0.6 is 0 Å². The molecular weight excluding hydrogens is 246 g/mol. The molecule has 0 radical (unpaired) electrons. The van der Waals surface area contributed by atoms with E-state index in [-0.39, 0.29) is 23.0 Å². The van der Waals surface area contributed by atoms with Gasteiger partial charge in [-0.25, -0.2) is 4.79 Å². The van der Waals surface area contributed by atoms with Crippen LogP contribution in [-0.2, 0) is 4.79 Å². The van der Waals surface area contributed by atoms with Crippen LogP contribution < -0.4 is 5.32 Å². The zero-order chi connectivity index (χ0) is 14.0. The Bertz CT molecular complexity index is 552. The third-order valence-corrected chi connectivity index (χ3v) is 2.79. The molecule has 0 aromatic carbocycles. The molecule has 1 atom stereocenters. The average molecular weight is 261 g/mol. The summed E-state index contributed by atoms with van der Waals surface area (Å²) >= 11 is 0. The number of pyridine rings is 1. The van der Waals surface area contributed by atoms with E-state index < -0.39 is 12.0 Å². The molecule has 1 unspecified atom stereocenters.